The number of amides is 3. The molecule has 0 heterocycles. The van der Waals surface area contributed by atoms with Crippen LogP contribution in [0.1, 0.15) is 36.7 Å². The minimum Gasteiger partial charge on any atom is -0.357 e. The standard InChI is InChI=1S/C24H32N4O4/c1-24(2,3)15-26-14-16-6-8-17(9-7-16)18-10-12-19(13-11-18)23(31)28(5)20(21(29)25-4)22(30)27-32/h6-13,20,26,32H,14-15H2,1-5H3,(H,25,29)(H,27,30). The van der Waals surface area contributed by atoms with Crippen LogP contribution in [0.2, 0.25) is 0 Å². The lowest BCUT2D eigenvalue weighted by Gasteiger charge is -2.25. The van der Waals surface area contributed by atoms with Crippen LogP contribution in [0, 0.1) is 5.41 Å². The van der Waals surface area contributed by atoms with Crippen molar-refractivity contribution in [1.29, 1.82) is 0 Å². The molecule has 0 aliphatic heterocycles. The zero-order valence-electron chi connectivity index (χ0n) is 19.2. The number of rotatable bonds is 8. The quantitative estimate of drug-likeness (QED) is 0.286. The van der Waals surface area contributed by atoms with E-state index in [0.717, 1.165) is 29.1 Å². The molecule has 8 nitrogen and oxygen atoms in total. The number of carbonyl (C=O) groups excluding carboxylic acids is 3. The summed E-state index contributed by atoms with van der Waals surface area (Å²) in [5.41, 5.74) is 5.12. The van der Waals surface area contributed by atoms with Crippen molar-refractivity contribution >= 4 is 17.7 Å². The Balaban J connectivity index is 2.09. The molecule has 0 saturated heterocycles. The van der Waals surface area contributed by atoms with E-state index in [2.05, 4.69) is 43.5 Å². The van der Waals surface area contributed by atoms with Crippen molar-refractivity contribution in [3.8, 4) is 11.1 Å². The monoisotopic (exact) mass is 440 g/mol. The van der Waals surface area contributed by atoms with Gasteiger partial charge in [0.05, 0.1) is 0 Å². The highest BCUT2D eigenvalue weighted by atomic mass is 16.5. The van der Waals surface area contributed by atoms with E-state index < -0.39 is 23.8 Å². The normalized spacial score (nSPS) is 12.1. The molecular formula is C24H32N4O4. The summed E-state index contributed by atoms with van der Waals surface area (Å²) in [6.45, 7) is 8.30. The van der Waals surface area contributed by atoms with Gasteiger partial charge in [0.25, 0.3) is 17.7 Å². The first kappa shape index (κ1) is 25.0. The van der Waals surface area contributed by atoms with E-state index in [1.54, 1.807) is 12.1 Å². The summed E-state index contributed by atoms with van der Waals surface area (Å²) < 4.78 is 0. The summed E-state index contributed by atoms with van der Waals surface area (Å²) in [6.07, 6.45) is 0. The fraction of sp³-hybridized carbons (Fsp3) is 0.375. The van der Waals surface area contributed by atoms with E-state index in [1.165, 1.54) is 25.1 Å². The molecule has 2 aromatic rings. The first-order valence-corrected chi connectivity index (χ1v) is 10.4. The van der Waals surface area contributed by atoms with E-state index in [9.17, 15) is 14.4 Å². The zero-order valence-corrected chi connectivity index (χ0v) is 19.2. The molecule has 0 aliphatic rings. The van der Waals surface area contributed by atoms with Crippen LogP contribution in [0.15, 0.2) is 48.5 Å². The summed E-state index contributed by atoms with van der Waals surface area (Å²) in [5.74, 6) is -2.22. The highest BCUT2D eigenvalue weighted by Gasteiger charge is 2.33. The molecule has 4 N–H and O–H groups in total. The number of hydrogen-bond acceptors (Lipinski definition) is 5. The fourth-order valence-electron chi connectivity index (χ4n) is 3.19. The van der Waals surface area contributed by atoms with Crippen LogP contribution in [-0.4, -0.2) is 54.5 Å². The number of benzene rings is 2. The predicted octanol–water partition coefficient (Wildman–Crippen LogP) is 2.18. The Bertz CT molecular complexity index is 918. The Kier molecular flexibility index (Phi) is 8.51. The molecule has 0 saturated carbocycles. The van der Waals surface area contributed by atoms with E-state index in [-0.39, 0.29) is 5.41 Å². The van der Waals surface area contributed by atoms with Crippen LogP contribution in [0.3, 0.4) is 0 Å². The Labute approximate surface area is 189 Å². The minimum absolute atomic E-state index is 0.232. The molecule has 0 aromatic heterocycles. The van der Waals surface area contributed by atoms with Crippen LogP contribution >= 0.6 is 0 Å². The van der Waals surface area contributed by atoms with E-state index >= 15 is 0 Å². The highest BCUT2D eigenvalue weighted by molar-refractivity contribution is 6.08. The molecule has 0 fully saturated rings. The molecule has 3 amide bonds. The minimum atomic E-state index is -1.49. The molecule has 1 unspecified atom stereocenters. The van der Waals surface area contributed by atoms with Gasteiger partial charge in [-0.25, -0.2) is 5.48 Å². The van der Waals surface area contributed by atoms with Gasteiger partial charge in [0.2, 0.25) is 0 Å². The van der Waals surface area contributed by atoms with Crippen molar-refractivity contribution in [3.05, 3.63) is 59.7 Å². The highest BCUT2D eigenvalue weighted by Crippen LogP contribution is 2.21. The lowest BCUT2D eigenvalue weighted by Crippen LogP contribution is -2.54. The molecule has 8 heteroatoms. The number of likely N-dealkylation sites (N-methyl/N-ethyl adjacent to an activating group) is 2. The molecule has 0 spiro atoms. The topological polar surface area (TPSA) is 111 Å². The molecule has 0 aliphatic carbocycles. The molecule has 172 valence electrons. The maximum absolute atomic E-state index is 12.8. The van der Waals surface area contributed by atoms with Gasteiger partial charge in [0.15, 0.2) is 6.04 Å². The van der Waals surface area contributed by atoms with Crippen LogP contribution in [0.4, 0.5) is 0 Å². The SMILES string of the molecule is CNC(=O)C(C(=O)NO)N(C)C(=O)c1ccc(-c2ccc(CNCC(C)(C)C)cc2)cc1. The summed E-state index contributed by atoms with van der Waals surface area (Å²) in [6, 6.07) is 13.6. The number of carbonyl (C=O) groups is 3. The maximum Gasteiger partial charge on any atom is 0.275 e. The average molecular weight is 441 g/mol. The second kappa shape index (κ2) is 10.9. The van der Waals surface area contributed by atoms with Gasteiger partial charge in [-0.2, -0.15) is 0 Å². The number of nitrogens with zero attached hydrogens (tertiary/aromatic N) is 1. The number of hydroxylamine groups is 1. The Hall–Kier alpha value is -3.23. The molecular weight excluding hydrogens is 408 g/mol. The smallest absolute Gasteiger partial charge is 0.275 e. The molecule has 2 aromatic carbocycles. The van der Waals surface area contributed by atoms with E-state index in [4.69, 9.17) is 5.21 Å². The van der Waals surface area contributed by atoms with E-state index in [0.29, 0.717) is 5.56 Å². The lowest BCUT2D eigenvalue weighted by molar-refractivity contribution is -0.140. The second-order valence-electron chi connectivity index (χ2n) is 8.85. The molecule has 1 atom stereocenters. The zero-order chi connectivity index (χ0) is 23.9. The predicted molar refractivity (Wildman–Crippen MR) is 123 cm³/mol. The maximum atomic E-state index is 12.8. The van der Waals surface area contributed by atoms with Crippen molar-refractivity contribution in [2.24, 2.45) is 5.41 Å². The Morgan fingerprint density at radius 2 is 1.47 bits per heavy atom. The summed E-state index contributed by atoms with van der Waals surface area (Å²) in [7, 11) is 2.68. The van der Waals surface area contributed by atoms with Crippen LogP contribution < -0.4 is 16.1 Å². The van der Waals surface area contributed by atoms with Gasteiger partial charge < -0.3 is 15.5 Å². The van der Waals surface area contributed by atoms with Crippen LogP contribution in [0.25, 0.3) is 11.1 Å². The summed E-state index contributed by atoms with van der Waals surface area (Å²) in [5, 5.41) is 14.7. The van der Waals surface area contributed by atoms with Gasteiger partial charge >= 0.3 is 0 Å². The number of hydrogen-bond donors (Lipinski definition) is 4. The van der Waals surface area contributed by atoms with Crippen LogP contribution in [-0.2, 0) is 16.1 Å². The van der Waals surface area contributed by atoms with Crippen molar-refractivity contribution in [3.63, 3.8) is 0 Å². The van der Waals surface area contributed by atoms with Crippen molar-refractivity contribution < 1.29 is 19.6 Å². The summed E-state index contributed by atoms with van der Waals surface area (Å²) >= 11 is 0. The lowest BCUT2D eigenvalue weighted by atomic mass is 9.97. The molecule has 2 rings (SSSR count). The summed E-state index contributed by atoms with van der Waals surface area (Å²) in [4.78, 5) is 37.6. The van der Waals surface area contributed by atoms with E-state index in [1.807, 2.05) is 24.3 Å². The van der Waals surface area contributed by atoms with Gasteiger partial charge in [0.1, 0.15) is 0 Å². The Morgan fingerprint density at radius 1 is 0.938 bits per heavy atom. The molecule has 32 heavy (non-hydrogen) atoms. The average Bonchev–Trinajstić information content (AvgIpc) is 2.78. The van der Waals surface area contributed by atoms with Gasteiger partial charge in [0, 0.05) is 32.7 Å². The van der Waals surface area contributed by atoms with Crippen molar-refractivity contribution in [2.45, 2.75) is 33.4 Å². The first-order chi connectivity index (χ1) is 15.1. The second-order valence-corrected chi connectivity index (χ2v) is 8.85. The fourth-order valence-corrected chi connectivity index (χ4v) is 3.19. The van der Waals surface area contributed by atoms with Crippen molar-refractivity contribution in [2.75, 3.05) is 20.6 Å². The number of nitrogens with one attached hydrogen (secondary N) is 3. The molecule has 0 bridgehead atoms. The third kappa shape index (κ3) is 6.63. The van der Waals surface area contributed by atoms with Gasteiger partial charge in [-0.1, -0.05) is 57.2 Å². The Morgan fingerprint density at radius 3 is 1.94 bits per heavy atom. The third-order valence-electron chi connectivity index (χ3n) is 4.96. The van der Waals surface area contributed by atoms with Gasteiger partial charge in [-0.15, -0.1) is 0 Å². The largest absolute Gasteiger partial charge is 0.357 e. The first-order valence-electron chi connectivity index (χ1n) is 10.4. The van der Waals surface area contributed by atoms with Crippen LogP contribution in [0.5, 0.6) is 0 Å². The van der Waals surface area contributed by atoms with Gasteiger partial charge in [-0.05, 0) is 34.2 Å². The third-order valence-corrected chi connectivity index (χ3v) is 4.96. The van der Waals surface area contributed by atoms with Crippen molar-refractivity contribution in [1.82, 2.24) is 21.0 Å². The van der Waals surface area contributed by atoms with Gasteiger partial charge in [-0.3, -0.25) is 19.6 Å². The molecule has 0 radical (unpaired) electrons.